The molecule has 0 bridgehead atoms. The largest absolute Gasteiger partial charge is 0.481 e. The summed E-state index contributed by atoms with van der Waals surface area (Å²) in [4.78, 5) is 36.1. The van der Waals surface area contributed by atoms with Crippen LogP contribution in [0.5, 0.6) is 0 Å². The van der Waals surface area contributed by atoms with E-state index in [0.29, 0.717) is 19.4 Å². The van der Waals surface area contributed by atoms with Gasteiger partial charge in [0, 0.05) is 6.54 Å². The van der Waals surface area contributed by atoms with Gasteiger partial charge in [0.2, 0.25) is 0 Å². The van der Waals surface area contributed by atoms with Crippen LogP contribution in [0.4, 0.5) is 4.79 Å². The highest BCUT2D eigenvalue weighted by atomic mass is 16.6. The fraction of sp³-hybridized carbons (Fsp3) is 0.769. The van der Waals surface area contributed by atoms with E-state index in [1.54, 1.807) is 0 Å². The highest BCUT2D eigenvalue weighted by molar-refractivity contribution is 5.79. The molecule has 0 aromatic rings. The summed E-state index contributed by atoms with van der Waals surface area (Å²) in [5.74, 6) is -1.44. The van der Waals surface area contributed by atoms with Crippen molar-refractivity contribution in [2.24, 2.45) is 0 Å². The van der Waals surface area contributed by atoms with E-state index in [9.17, 15) is 14.4 Å². The van der Waals surface area contributed by atoms with Gasteiger partial charge in [0.05, 0.1) is 32.2 Å². The van der Waals surface area contributed by atoms with Gasteiger partial charge in [0.1, 0.15) is 0 Å². The van der Waals surface area contributed by atoms with Crippen molar-refractivity contribution in [3.63, 3.8) is 0 Å². The number of carboxylic acid groups (broad SMARTS) is 1. The summed E-state index contributed by atoms with van der Waals surface area (Å²) < 4.78 is 9.86. The number of rotatable bonds is 4. The minimum atomic E-state index is -0.926. The number of morpholine rings is 1. The lowest BCUT2D eigenvalue weighted by molar-refractivity contribution is -0.158. The first kappa shape index (κ1) is 15.6. The number of methoxy groups -OCH3 is 1. The molecule has 0 spiro atoms. The Morgan fingerprint density at radius 1 is 1.43 bits per heavy atom. The quantitative estimate of drug-likeness (QED) is 0.706. The Kier molecular flexibility index (Phi) is 4.66. The summed E-state index contributed by atoms with van der Waals surface area (Å²) in [5, 5.41) is 11.7. The molecule has 21 heavy (non-hydrogen) atoms. The Morgan fingerprint density at radius 3 is 2.67 bits per heavy atom. The van der Waals surface area contributed by atoms with E-state index < -0.39 is 23.6 Å². The number of carboxylic acids is 1. The Morgan fingerprint density at radius 2 is 2.14 bits per heavy atom. The maximum atomic E-state index is 12.3. The molecule has 0 aromatic heterocycles. The van der Waals surface area contributed by atoms with Crippen molar-refractivity contribution < 1.29 is 29.0 Å². The van der Waals surface area contributed by atoms with Crippen LogP contribution in [0.25, 0.3) is 0 Å². The van der Waals surface area contributed by atoms with Gasteiger partial charge in [-0.1, -0.05) is 0 Å². The van der Waals surface area contributed by atoms with Gasteiger partial charge >= 0.3 is 18.0 Å². The molecule has 1 atom stereocenters. The van der Waals surface area contributed by atoms with E-state index >= 15 is 0 Å². The molecule has 2 N–H and O–H groups in total. The third-order valence-electron chi connectivity index (χ3n) is 3.99. The van der Waals surface area contributed by atoms with Gasteiger partial charge in [-0.25, -0.2) is 9.59 Å². The standard InChI is InChI=1S/C13H20N2O6/c1-20-11(18)9-8-15(5-6-21-9)12(19)14-13(3-2-4-13)7-10(16)17/h9H,2-8H2,1H3,(H,14,19)(H,16,17). The zero-order chi connectivity index (χ0) is 15.5. The first-order valence-corrected chi connectivity index (χ1v) is 6.94. The molecule has 8 nitrogen and oxygen atoms in total. The summed E-state index contributed by atoms with van der Waals surface area (Å²) in [6, 6.07) is -0.354. The number of carbonyl (C=O) groups is 3. The zero-order valence-corrected chi connectivity index (χ0v) is 12.0. The third kappa shape index (κ3) is 3.63. The first-order valence-electron chi connectivity index (χ1n) is 6.94. The molecule has 2 fully saturated rings. The highest BCUT2D eigenvalue weighted by Gasteiger charge is 2.42. The summed E-state index contributed by atoms with van der Waals surface area (Å²) in [6.07, 6.45) is 1.36. The van der Waals surface area contributed by atoms with Crippen LogP contribution in [0.15, 0.2) is 0 Å². The van der Waals surface area contributed by atoms with Crippen molar-refractivity contribution in [2.75, 3.05) is 26.8 Å². The van der Waals surface area contributed by atoms with Crippen LogP contribution < -0.4 is 5.32 Å². The second-order valence-electron chi connectivity index (χ2n) is 5.46. The maximum absolute atomic E-state index is 12.3. The molecule has 1 saturated carbocycles. The number of hydrogen-bond acceptors (Lipinski definition) is 5. The SMILES string of the molecule is COC(=O)C1CN(C(=O)NC2(CC(=O)O)CCC2)CCO1. The van der Waals surface area contributed by atoms with Gasteiger partial charge in [0.15, 0.2) is 6.10 Å². The Hall–Kier alpha value is -1.83. The molecule has 1 unspecified atom stereocenters. The number of urea groups is 1. The van der Waals surface area contributed by atoms with Gasteiger partial charge in [0.25, 0.3) is 0 Å². The van der Waals surface area contributed by atoms with Crippen molar-refractivity contribution in [1.82, 2.24) is 10.2 Å². The van der Waals surface area contributed by atoms with E-state index in [1.165, 1.54) is 12.0 Å². The molecule has 1 aliphatic heterocycles. The number of nitrogens with zero attached hydrogens (tertiary/aromatic N) is 1. The predicted molar refractivity (Wildman–Crippen MR) is 70.7 cm³/mol. The number of aliphatic carboxylic acids is 1. The topological polar surface area (TPSA) is 105 Å². The van der Waals surface area contributed by atoms with E-state index in [1.807, 2.05) is 0 Å². The Labute approximate surface area is 122 Å². The van der Waals surface area contributed by atoms with Crippen LogP contribution in [0.3, 0.4) is 0 Å². The molecule has 1 aliphatic carbocycles. The van der Waals surface area contributed by atoms with E-state index in [0.717, 1.165) is 6.42 Å². The molecule has 1 saturated heterocycles. The molecule has 0 radical (unpaired) electrons. The van der Waals surface area contributed by atoms with Crippen LogP contribution in [-0.4, -0.2) is 66.4 Å². The molecular formula is C13H20N2O6. The molecule has 2 rings (SSSR count). The number of nitrogens with one attached hydrogen (secondary N) is 1. The molecular weight excluding hydrogens is 280 g/mol. The van der Waals surface area contributed by atoms with E-state index in [2.05, 4.69) is 10.1 Å². The molecule has 0 aromatic carbocycles. The number of ether oxygens (including phenoxy) is 2. The highest BCUT2D eigenvalue weighted by Crippen LogP contribution is 2.35. The van der Waals surface area contributed by atoms with Crippen molar-refractivity contribution in [3.05, 3.63) is 0 Å². The lowest BCUT2D eigenvalue weighted by Gasteiger charge is -2.43. The van der Waals surface area contributed by atoms with Crippen molar-refractivity contribution in [1.29, 1.82) is 0 Å². The minimum Gasteiger partial charge on any atom is -0.481 e. The van der Waals surface area contributed by atoms with E-state index in [-0.39, 0.29) is 25.6 Å². The second kappa shape index (κ2) is 6.30. The smallest absolute Gasteiger partial charge is 0.336 e. The number of hydrogen-bond donors (Lipinski definition) is 2. The number of amides is 2. The van der Waals surface area contributed by atoms with Crippen LogP contribution in [-0.2, 0) is 19.1 Å². The van der Waals surface area contributed by atoms with E-state index in [4.69, 9.17) is 9.84 Å². The molecule has 2 aliphatic rings. The van der Waals surface area contributed by atoms with Crippen LogP contribution in [0.2, 0.25) is 0 Å². The lowest BCUT2D eigenvalue weighted by Crippen LogP contribution is -2.60. The van der Waals surface area contributed by atoms with Crippen molar-refractivity contribution in [3.8, 4) is 0 Å². The molecule has 8 heteroatoms. The summed E-state index contributed by atoms with van der Waals surface area (Å²) in [7, 11) is 1.26. The van der Waals surface area contributed by atoms with Gasteiger partial charge in [-0.15, -0.1) is 0 Å². The van der Waals surface area contributed by atoms with Gasteiger partial charge in [-0.05, 0) is 19.3 Å². The van der Waals surface area contributed by atoms with Gasteiger partial charge in [-0.3, -0.25) is 4.79 Å². The zero-order valence-electron chi connectivity index (χ0n) is 12.0. The predicted octanol–water partition coefficient (Wildman–Crippen LogP) is -0.0328. The number of esters is 1. The minimum absolute atomic E-state index is 0.0799. The van der Waals surface area contributed by atoms with Crippen LogP contribution in [0, 0.1) is 0 Å². The fourth-order valence-corrected chi connectivity index (χ4v) is 2.65. The maximum Gasteiger partial charge on any atom is 0.336 e. The van der Waals surface area contributed by atoms with Gasteiger partial charge < -0.3 is 24.8 Å². The first-order chi connectivity index (χ1) is 9.96. The monoisotopic (exact) mass is 300 g/mol. The summed E-state index contributed by atoms with van der Waals surface area (Å²) in [5.41, 5.74) is -0.651. The summed E-state index contributed by atoms with van der Waals surface area (Å²) >= 11 is 0. The Bertz CT molecular complexity index is 434. The lowest BCUT2D eigenvalue weighted by atomic mass is 9.74. The Balaban J connectivity index is 1.93. The normalized spacial score (nSPS) is 23.9. The van der Waals surface area contributed by atoms with Crippen molar-refractivity contribution >= 4 is 18.0 Å². The average Bonchev–Trinajstić information content (AvgIpc) is 2.43. The van der Waals surface area contributed by atoms with Crippen LogP contribution >= 0.6 is 0 Å². The fourth-order valence-electron chi connectivity index (χ4n) is 2.65. The van der Waals surface area contributed by atoms with Crippen molar-refractivity contribution in [2.45, 2.75) is 37.3 Å². The molecule has 1 heterocycles. The summed E-state index contributed by atoms with van der Waals surface area (Å²) in [6.45, 7) is 0.725. The number of carbonyl (C=O) groups excluding carboxylic acids is 2. The molecule has 2 amide bonds. The van der Waals surface area contributed by atoms with Gasteiger partial charge in [-0.2, -0.15) is 0 Å². The third-order valence-corrected chi connectivity index (χ3v) is 3.99. The second-order valence-corrected chi connectivity index (χ2v) is 5.46. The average molecular weight is 300 g/mol. The van der Waals surface area contributed by atoms with Crippen LogP contribution in [0.1, 0.15) is 25.7 Å². The molecule has 118 valence electrons.